The molecular weight excluding hydrogens is 357 g/mol. The normalized spacial score (nSPS) is 11.4. The minimum absolute atomic E-state index is 0.0198. The molecule has 0 saturated carbocycles. The van der Waals surface area contributed by atoms with Gasteiger partial charge in [-0.3, -0.25) is 14.9 Å². The minimum atomic E-state index is -1.16. The monoisotopic (exact) mass is 375 g/mol. The Hall–Kier alpha value is -3.49. The summed E-state index contributed by atoms with van der Waals surface area (Å²) in [6.07, 6.45) is -1.16. The maximum atomic E-state index is 13.3. The lowest BCUT2D eigenvalue weighted by molar-refractivity contribution is -0.387. The first-order valence-corrected chi connectivity index (χ1v) is 7.92. The van der Waals surface area contributed by atoms with Crippen molar-refractivity contribution in [2.45, 2.75) is 13.0 Å². The summed E-state index contributed by atoms with van der Waals surface area (Å²) >= 11 is 0. The number of rotatable bonds is 6. The third-order valence-electron chi connectivity index (χ3n) is 3.68. The Morgan fingerprint density at radius 3 is 2.37 bits per heavy atom. The SMILES string of the molecule is C[C@H](OC(=O)c1ccc(N(C)C)cc1)C(=O)Nc1ccc(F)c([N+](=O)[O-])c1. The van der Waals surface area contributed by atoms with Gasteiger partial charge in [-0.1, -0.05) is 0 Å². The number of anilines is 2. The summed E-state index contributed by atoms with van der Waals surface area (Å²) in [6.45, 7) is 1.36. The van der Waals surface area contributed by atoms with Crippen molar-refractivity contribution in [2.24, 2.45) is 0 Å². The average Bonchev–Trinajstić information content (AvgIpc) is 2.62. The predicted octanol–water partition coefficient (Wildman–Crippen LogP) is 2.98. The molecule has 2 aromatic carbocycles. The lowest BCUT2D eigenvalue weighted by atomic mass is 10.2. The second-order valence-electron chi connectivity index (χ2n) is 5.90. The van der Waals surface area contributed by atoms with E-state index in [-0.39, 0.29) is 11.3 Å². The van der Waals surface area contributed by atoms with Crippen molar-refractivity contribution >= 4 is 28.9 Å². The van der Waals surface area contributed by atoms with Gasteiger partial charge in [-0.25, -0.2) is 4.79 Å². The van der Waals surface area contributed by atoms with E-state index in [0.717, 1.165) is 17.8 Å². The highest BCUT2D eigenvalue weighted by Gasteiger charge is 2.21. The van der Waals surface area contributed by atoms with E-state index >= 15 is 0 Å². The van der Waals surface area contributed by atoms with E-state index < -0.39 is 34.4 Å². The Labute approximate surface area is 154 Å². The number of amides is 1. The van der Waals surface area contributed by atoms with E-state index in [1.165, 1.54) is 13.0 Å². The summed E-state index contributed by atoms with van der Waals surface area (Å²) in [6, 6.07) is 9.56. The molecule has 2 aromatic rings. The Morgan fingerprint density at radius 1 is 1.19 bits per heavy atom. The molecule has 9 heteroatoms. The molecule has 0 fully saturated rings. The van der Waals surface area contributed by atoms with Gasteiger partial charge in [0.05, 0.1) is 10.5 Å². The van der Waals surface area contributed by atoms with Crippen LogP contribution in [0.15, 0.2) is 42.5 Å². The third-order valence-corrected chi connectivity index (χ3v) is 3.68. The van der Waals surface area contributed by atoms with Crippen LogP contribution in [0.2, 0.25) is 0 Å². The molecular formula is C18H18FN3O5. The minimum Gasteiger partial charge on any atom is -0.449 e. The van der Waals surface area contributed by atoms with Crippen LogP contribution in [-0.2, 0) is 9.53 Å². The number of ether oxygens (including phenoxy) is 1. The molecule has 142 valence electrons. The number of nitrogens with zero attached hydrogens (tertiary/aromatic N) is 2. The first-order chi connectivity index (χ1) is 12.7. The number of benzene rings is 2. The first-order valence-electron chi connectivity index (χ1n) is 7.92. The zero-order valence-electron chi connectivity index (χ0n) is 14.9. The number of nitrogens with one attached hydrogen (secondary N) is 1. The van der Waals surface area contributed by atoms with Crippen LogP contribution >= 0.6 is 0 Å². The van der Waals surface area contributed by atoms with Crippen molar-refractivity contribution in [3.63, 3.8) is 0 Å². The van der Waals surface area contributed by atoms with E-state index in [9.17, 15) is 24.1 Å². The highest BCUT2D eigenvalue weighted by atomic mass is 19.1. The lowest BCUT2D eigenvalue weighted by Gasteiger charge is -2.15. The van der Waals surface area contributed by atoms with Crippen LogP contribution in [0.25, 0.3) is 0 Å². The van der Waals surface area contributed by atoms with Gasteiger partial charge in [0.2, 0.25) is 5.82 Å². The second kappa shape index (κ2) is 8.26. The lowest BCUT2D eigenvalue weighted by Crippen LogP contribution is -2.30. The van der Waals surface area contributed by atoms with Crippen LogP contribution in [0.1, 0.15) is 17.3 Å². The maximum absolute atomic E-state index is 13.3. The molecule has 0 aromatic heterocycles. The highest BCUT2D eigenvalue weighted by Crippen LogP contribution is 2.22. The van der Waals surface area contributed by atoms with Gasteiger partial charge in [-0.2, -0.15) is 4.39 Å². The summed E-state index contributed by atoms with van der Waals surface area (Å²) in [7, 11) is 3.72. The van der Waals surface area contributed by atoms with E-state index in [2.05, 4.69) is 5.32 Å². The fourth-order valence-corrected chi connectivity index (χ4v) is 2.15. The molecule has 0 heterocycles. The summed E-state index contributed by atoms with van der Waals surface area (Å²) in [5, 5.41) is 13.1. The summed E-state index contributed by atoms with van der Waals surface area (Å²) in [5.41, 5.74) is 0.428. The molecule has 0 unspecified atom stereocenters. The van der Waals surface area contributed by atoms with Gasteiger partial charge in [-0.05, 0) is 43.3 Å². The molecule has 27 heavy (non-hydrogen) atoms. The second-order valence-corrected chi connectivity index (χ2v) is 5.90. The number of carbonyl (C=O) groups is 2. The Morgan fingerprint density at radius 2 is 1.81 bits per heavy atom. The molecule has 0 spiro atoms. The number of hydrogen-bond acceptors (Lipinski definition) is 6. The van der Waals surface area contributed by atoms with Crippen LogP contribution < -0.4 is 10.2 Å². The van der Waals surface area contributed by atoms with Crippen molar-refractivity contribution in [3.05, 3.63) is 64.0 Å². The molecule has 0 aliphatic heterocycles. The van der Waals surface area contributed by atoms with Gasteiger partial charge in [0.25, 0.3) is 5.91 Å². The molecule has 0 saturated heterocycles. The van der Waals surface area contributed by atoms with Gasteiger partial charge < -0.3 is 15.0 Å². The number of nitro benzene ring substituents is 1. The van der Waals surface area contributed by atoms with Crippen LogP contribution in [0.5, 0.6) is 0 Å². The van der Waals surface area contributed by atoms with Gasteiger partial charge in [0.15, 0.2) is 6.10 Å². The number of hydrogen-bond donors (Lipinski definition) is 1. The molecule has 0 aliphatic rings. The van der Waals surface area contributed by atoms with Crippen molar-refractivity contribution in [3.8, 4) is 0 Å². The van der Waals surface area contributed by atoms with Crippen LogP contribution in [0.3, 0.4) is 0 Å². The quantitative estimate of drug-likeness (QED) is 0.473. The zero-order valence-corrected chi connectivity index (χ0v) is 14.9. The molecule has 0 bridgehead atoms. The highest BCUT2D eigenvalue weighted by molar-refractivity contribution is 5.97. The largest absolute Gasteiger partial charge is 0.449 e. The van der Waals surface area contributed by atoms with Crippen LogP contribution in [-0.4, -0.2) is 37.0 Å². The summed E-state index contributed by atoms with van der Waals surface area (Å²) in [4.78, 5) is 36.0. The maximum Gasteiger partial charge on any atom is 0.338 e. The smallest absolute Gasteiger partial charge is 0.338 e. The summed E-state index contributed by atoms with van der Waals surface area (Å²) in [5.74, 6) is -2.40. The molecule has 0 radical (unpaired) electrons. The van der Waals surface area contributed by atoms with Crippen LogP contribution in [0.4, 0.5) is 21.5 Å². The van der Waals surface area contributed by atoms with E-state index in [0.29, 0.717) is 0 Å². The molecule has 8 nitrogen and oxygen atoms in total. The van der Waals surface area contributed by atoms with Crippen LogP contribution in [0, 0.1) is 15.9 Å². The molecule has 0 aliphatic carbocycles. The number of esters is 1. The number of carbonyl (C=O) groups excluding carboxylic acids is 2. The van der Waals surface area contributed by atoms with Crippen molar-refractivity contribution in [1.82, 2.24) is 0 Å². The van der Waals surface area contributed by atoms with Gasteiger partial charge in [0.1, 0.15) is 0 Å². The standard InChI is InChI=1S/C18H18FN3O5/c1-11(27-18(24)12-4-7-14(8-5-12)21(2)3)17(23)20-13-6-9-15(19)16(10-13)22(25)26/h4-11H,1-3H3,(H,20,23)/t11-/m0/s1. The Balaban J connectivity index is 2.02. The molecule has 2 rings (SSSR count). The summed E-state index contributed by atoms with van der Waals surface area (Å²) < 4.78 is 18.4. The molecule has 1 atom stereocenters. The number of halogens is 1. The van der Waals surface area contributed by atoms with E-state index in [1.54, 1.807) is 24.3 Å². The zero-order chi connectivity index (χ0) is 20.1. The van der Waals surface area contributed by atoms with E-state index in [1.807, 2.05) is 19.0 Å². The predicted molar refractivity (Wildman–Crippen MR) is 97.3 cm³/mol. The Bertz CT molecular complexity index is 868. The fraction of sp³-hybridized carbons (Fsp3) is 0.222. The van der Waals surface area contributed by atoms with E-state index in [4.69, 9.17) is 4.74 Å². The van der Waals surface area contributed by atoms with Crippen molar-refractivity contribution in [2.75, 3.05) is 24.3 Å². The van der Waals surface area contributed by atoms with Gasteiger partial charge in [-0.15, -0.1) is 0 Å². The van der Waals surface area contributed by atoms with Crippen molar-refractivity contribution in [1.29, 1.82) is 0 Å². The fourth-order valence-electron chi connectivity index (χ4n) is 2.15. The topological polar surface area (TPSA) is 102 Å². The van der Waals surface area contributed by atoms with Crippen molar-refractivity contribution < 1.29 is 23.6 Å². The average molecular weight is 375 g/mol. The molecule has 1 N–H and O–H groups in total. The molecule has 1 amide bonds. The first kappa shape index (κ1) is 19.8. The van der Waals surface area contributed by atoms with Gasteiger partial charge in [0, 0.05) is 31.5 Å². The Kier molecular flexibility index (Phi) is 6.07. The third kappa shape index (κ3) is 5.00. The number of nitro groups is 1. The van der Waals surface area contributed by atoms with Gasteiger partial charge >= 0.3 is 11.7 Å².